The molecule has 0 aliphatic carbocycles. The molecule has 19 heteroatoms. The number of benzene rings is 2. The number of carbonyl (C=O) groups excluding carboxylic acids is 4. The van der Waals surface area contributed by atoms with E-state index in [1.165, 1.54) is 6.07 Å². The summed E-state index contributed by atoms with van der Waals surface area (Å²) < 4.78 is 32.2. The second kappa shape index (κ2) is 23.0. The number of fused-ring (bicyclic) bond motifs is 1. The number of anilines is 2. The van der Waals surface area contributed by atoms with E-state index in [0.29, 0.717) is 101 Å². The molecule has 386 valence electrons. The van der Waals surface area contributed by atoms with Crippen LogP contribution in [0.1, 0.15) is 108 Å². The minimum Gasteiger partial charge on any atom is -0.350 e. The molecule has 3 N–H and O–H groups in total. The molecular weight excluding hydrogens is 951 g/mol. The number of hydrogen-bond acceptors (Lipinski definition) is 12. The Morgan fingerprint density at radius 2 is 1.56 bits per heavy atom. The Kier molecular flexibility index (Phi) is 16.6. The molecule has 2 atom stereocenters. The molecule has 2 aromatic carbocycles. The largest absolute Gasteiger partial charge is 0.350 e. The quantitative estimate of drug-likeness (QED) is 0.0701. The number of carbonyl (C=O) groups is 4. The number of thiazole rings is 1. The van der Waals surface area contributed by atoms with E-state index < -0.39 is 29.1 Å². The smallest absolute Gasteiger partial charge is 0.246 e. The van der Waals surface area contributed by atoms with Crippen LogP contribution in [0.3, 0.4) is 0 Å². The Hall–Kier alpha value is -6.73. The van der Waals surface area contributed by atoms with Crippen molar-refractivity contribution in [2.24, 2.45) is 5.41 Å². The van der Waals surface area contributed by atoms with E-state index in [-0.39, 0.29) is 58.8 Å². The van der Waals surface area contributed by atoms with Crippen molar-refractivity contribution in [2.75, 3.05) is 38.0 Å². The molecule has 4 amide bonds. The van der Waals surface area contributed by atoms with Gasteiger partial charge in [0.2, 0.25) is 29.6 Å². The fourth-order valence-corrected chi connectivity index (χ4v) is 10.5. The van der Waals surface area contributed by atoms with Gasteiger partial charge in [0.05, 0.1) is 27.8 Å². The maximum atomic E-state index is 15.2. The average molecular weight is 1020 g/mol. The van der Waals surface area contributed by atoms with Crippen LogP contribution in [0.4, 0.5) is 20.5 Å². The molecule has 2 fully saturated rings. The van der Waals surface area contributed by atoms with Gasteiger partial charge in [-0.3, -0.25) is 24.1 Å². The third kappa shape index (κ3) is 12.7. The normalized spacial score (nSPS) is 15.8. The van der Waals surface area contributed by atoms with Crippen molar-refractivity contribution in [1.82, 2.24) is 54.8 Å². The Bertz CT molecular complexity index is 2930. The van der Waals surface area contributed by atoms with Crippen LogP contribution < -0.4 is 16.0 Å². The van der Waals surface area contributed by atoms with Crippen molar-refractivity contribution in [1.29, 1.82) is 0 Å². The maximum Gasteiger partial charge on any atom is 0.246 e. The highest BCUT2D eigenvalue weighted by Gasteiger charge is 2.42. The number of hydrogen-bond donors (Lipinski definition) is 3. The van der Waals surface area contributed by atoms with Crippen molar-refractivity contribution in [3.05, 3.63) is 101 Å². The maximum absolute atomic E-state index is 15.2. The molecule has 6 heterocycles. The molecule has 6 aromatic rings. The van der Waals surface area contributed by atoms with Crippen molar-refractivity contribution < 1.29 is 28.0 Å². The van der Waals surface area contributed by atoms with Crippen LogP contribution in [-0.2, 0) is 32.3 Å². The topological polar surface area (TPSA) is 183 Å². The van der Waals surface area contributed by atoms with Gasteiger partial charge >= 0.3 is 0 Å². The molecular formula is C54H66F2N12O4S. The Balaban J connectivity index is 0.735. The number of piperazine rings is 1. The van der Waals surface area contributed by atoms with E-state index >= 15 is 8.78 Å². The number of nitrogens with one attached hydrogen (secondary N) is 3. The molecule has 73 heavy (non-hydrogen) atoms. The molecule has 2 aliphatic heterocycles. The summed E-state index contributed by atoms with van der Waals surface area (Å²) in [4.78, 5) is 82.5. The van der Waals surface area contributed by atoms with E-state index in [0.717, 1.165) is 33.5 Å². The van der Waals surface area contributed by atoms with Crippen LogP contribution in [0.2, 0.25) is 0 Å². The Labute approximate surface area is 429 Å². The van der Waals surface area contributed by atoms with Crippen LogP contribution >= 0.6 is 11.3 Å². The summed E-state index contributed by atoms with van der Waals surface area (Å²) in [6.07, 6.45) is 6.64. The summed E-state index contributed by atoms with van der Waals surface area (Å²) in [5.41, 5.74) is 6.26. The molecule has 0 unspecified atom stereocenters. The molecule has 0 bridgehead atoms. The number of halogens is 2. The summed E-state index contributed by atoms with van der Waals surface area (Å²) in [5, 5.41) is 9.06. The van der Waals surface area contributed by atoms with Crippen molar-refractivity contribution >= 4 is 57.8 Å². The summed E-state index contributed by atoms with van der Waals surface area (Å²) in [5.74, 6) is -0.583. The number of amides is 4. The lowest BCUT2D eigenvalue weighted by atomic mass is 9.85. The number of aromatic nitrogens is 6. The Morgan fingerprint density at radius 1 is 0.822 bits per heavy atom. The first-order chi connectivity index (χ1) is 34.9. The van der Waals surface area contributed by atoms with E-state index in [4.69, 9.17) is 0 Å². The highest BCUT2D eigenvalue weighted by atomic mass is 32.1. The van der Waals surface area contributed by atoms with Gasteiger partial charge in [0, 0.05) is 76.5 Å². The fourth-order valence-electron chi connectivity index (χ4n) is 9.71. The standard InChI is InChI=1S/C54H66F2N12O4S/c1-33(2)68-35(4)61-48-40(55)26-39(27-43(48)68)47-41(56)30-59-53(64-47)62-44-20-17-37(29-57-44)31-65-22-24-66(25-23-65)46(70)14-10-8-9-13-45(69)63-50(54(5,6)7)52(72)67-21-11-12-42(67)51(71)58-28-36-15-18-38(19-16-36)49-34(3)60-32-73-49/h15-20,26-27,29-30,32-33,42,50H,8-14,21-25,28,31H2,1-7H3,(H,58,71)(H,63,69)(H,57,59,62,64)/t42-,50+/m0/s1. The van der Waals surface area contributed by atoms with E-state index in [2.05, 4.69) is 45.8 Å². The van der Waals surface area contributed by atoms with Gasteiger partial charge in [-0.05, 0) is 93.7 Å². The number of imidazole rings is 1. The monoisotopic (exact) mass is 1020 g/mol. The van der Waals surface area contributed by atoms with Crippen LogP contribution in [0.25, 0.3) is 32.7 Å². The van der Waals surface area contributed by atoms with Crippen molar-refractivity contribution in [3.63, 3.8) is 0 Å². The number of unbranched alkanes of at least 4 members (excludes halogenated alkanes) is 2. The summed E-state index contributed by atoms with van der Waals surface area (Å²) >= 11 is 1.59. The molecule has 0 spiro atoms. The predicted octanol–water partition coefficient (Wildman–Crippen LogP) is 8.66. The third-order valence-electron chi connectivity index (χ3n) is 13.6. The first-order valence-corrected chi connectivity index (χ1v) is 26.1. The second-order valence-electron chi connectivity index (χ2n) is 20.5. The lowest BCUT2D eigenvalue weighted by molar-refractivity contribution is -0.144. The average Bonchev–Trinajstić information content (AvgIpc) is 4.12. The van der Waals surface area contributed by atoms with E-state index in [9.17, 15) is 19.2 Å². The lowest BCUT2D eigenvalue weighted by Gasteiger charge is -2.35. The molecule has 4 aromatic heterocycles. The Morgan fingerprint density at radius 3 is 2.25 bits per heavy atom. The van der Waals surface area contributed by atoms with Gasteiger partial charge in [-0.1, -0.05) is 57.5 Å². The van der Waals surface area contributed by atoms with Crippen molar-refractivity contribution in [3.8, 4) is 21.7 Å². The van der Waals surface area contributed by atoms with Gasteiger partial charge in [-0.15, -0.1) is 11.3 Å². The van der Waals surface area contributed by atoms with Gasteiger partial charge in [-0.2, -0.15) is 0 Å². The van der Waals surface area contributed by atoms with Crippen LogP contribution in [0, 0.1) is 30.9 Å². The SMILES string of the molecule is Cc1ncsc1-c1ccc(CNC(=O)[C@@H]2CCCN2C(=O)[C@@H](NC(=O)CCCCCC(=O)N2CCN(Cc3ccc(Nc4ncc(F)c(-c5cc(F)c6nc(C)n(C(C)C)c6c5)n4)nc3)CC2)C(C)(C)C)cc1. The van der Waals surface area contributed by atoms with Crippen LogP contribution in [0.5, 0.6) is 0 Å². The van der Waals surface area contributed by atoms with Crippen LogP contribution in [-0.4, -0.2) is 113 Å². The molecule has 0 radical (unpaired) electrons. The summed E-state index contributed by atoms with van der Waals surface area (Å²) in [6, 6.07) is 13.3. The highest BCUT2D eigenvalue weighted by Crippen LogP contribution is 2.32. The molecule has 8 rings (SSSR count). The number of likely N-dealkylation sites (tertiary alicyclic amines) is 1. The predicted molar refractivity (Wildman–Crippen MR) is 279 cm³/mol. The van der Waals surface area contributed by atoms with Gasteiger partial charge in [0.25, 0.3) is 0 Å². The number of aryl methyl sites for hydroxylation is 2. The summed E-state index contributed by atoms with van der Waals surface area (Å²) in [6.45, 7) is 17.6. The van der Waals surface area contributed by atoms with Gasteiger partial charge in [0.15, 0.2) is 11.6 Å². The molecule has 2 saturated heterocycles. The minimum absolute atomic E-state index is 0.0228. The van der Waals surface area contributed by atoms with Gasteiger partial charge < -0.3 is 30.3 Å². The zero-order chi connectivity index (χ0) is 52.0. The van der Waals surface area contributed by atoms with Gasteiger partial charge in [0.1, 0.15) is 34.9 Å². The van der Waals surface area contributed by atoms with Crippen molar-refractivity contribution in [2.45, 2.75) is 125 Å². The number of pyridine rings is 1. The first kappa shape index (κ1) is 52.6. The third-order valence-corrected chi connectivity index (χ3v) is 14.6. The minimum atomic E-state index is -0.796. The first-order valence-electron chi connectivity index (χ1n) is 25.2. The summed E-state index contributed by atoms with van der Waals surface area (Å²) in [7, 11) is 0. The zero-order valence-corrected chi connectivity index (χ0v) is 43.6. The van der Waals surface area contributed by atoms with Gasteiger partial charge in [-0.25, -0.2) is 33.7 Å². The van der Waals surface area contributed by atoms with E-state index in [1.54, 1.807) is 34.6 Å². The van der Waals surface area contributed by atoms with E-state index in [1.807, 2.05) is 93.8 Å². The zero-order valence-electron chi connectivity index (χ0n) is 42.8. The second-order valence-corrected chi connectivity index (χ2v) is 21.3. The molecule has 2 aliphatic rings. The lowest BCUT2D eigenvalue weighted by Crippen LogP contribution is -2.57. The number of nitrogens with zero attached hydrogens (tertiary/aromatic N) is 9. The molecule has 0 saturated carbocycles. The van der Waals surface area contributed by atoms with Crippen LogP contribution in [0.15, 0.2) is 66.4 Å². The number of rotatable bonds is 18. The molecule has 16 nitrogen and oxygen atoms in total. The highest BCUT2D eigenvalue weighted by molar-refractivity contribution is 7.13. The fraction of sp³-hybridized carbons (Fsp3) is 0.463.